The fourth-order valence-corrected chi connectivity index (χ4v) is 2.14. The molecule has 22 heavy (non-hydrogen) atoms. The SMILES string of the molecule is CC(C)(C)NCC(O)COc1ccccc1C1OCCCO1. The molecule has 0 bridgehead atoms. The summed E-state index contributed by atoms with van der Waals surface area (Å²) in [5.41, 5.74) is 0.848. The molecule has 0 radical (unpaired) electrons. The highest BCUT2D eigenvalue weighted by molar-refractivity contribution is 5.34. The third kappa shape index (κ3) is 5.57. The van der Waals surface area contributed by atoms with Crippen molar-refractivity contribution in [2.24, 2.45) is 0 Å². The first-order valence-corrected chi connectivity index (χ1v) is 7.84. The number of para-hydroxylation sites is 1. The Kier molecular flexibility index (Phi) is 6.20. The molecule has 1 aliphatic heterocycles. The minimum Gasteiger partial charge on any atom is -0.490 e. The van der Waals surface area contributed by atoms with Gasteiger partial charge in [0, 0.05) is 17.6 Å². The van der Waals surface area contributed by atoms with Crippen LogP contribution in [0.1, 0.15) is 39.0 Å². The zero-order valence-corrected chi connectivity index (χ0v) is 13.7. The molecule has 1 aliphatic rings. The van der Waals surface area contributed by atoms with Crippen molar-refractivity contribution in [2.45, 2.75) is 45.1 Å². The highest BCUT2D eigenvalue weighted by atomic mass is 16.7. The van der Waals surface area contributed by atoms with E-state index in [1.807, 2.05) is 24.3 Å². The molecule has 1 heterocycles. The summed E-state index contributed by atoms with van der Waals surface area (Å²) in [7, 11) is 0. The van der Waals surface area contributed by atoms with Gasteiger partial charge in [0.2, 0.25) is 0 Å². The number of aliphatic hydroxyl groups excluding tert-OH is 1. The lowest BCUT2D eigenvalue weighted by Gasteiger charge is -2.26. The van der Waals surface area contributed by atoms with Crippen molar-refractivity contribution in [1.82, 2.24) is 5.32 Å². The molecule has 5 heteroatoms. The Morgan fingerprint density at radius 3 is 2.64 bits per heavy atom. The summed E-state index contributed by atoms with van der Waals surface area (Å²) in [6.07, 6.45) is -0.0354. The molecule has 1 atom stereocenters. The number of nitrogens with one attached hydrogen (secondary N) is 1. The lowest BCUT2D eigenvalue weighted by atomic mass is 10.1. The van der Waals surface area contributed by atoms with Crippen LogP contribution in [0.5, 0.6) is 5.75 Å². The van der Waals surface area contributed by atoms with E-state index in [-0.39, 0.29) is 18.4 Å². The van der Waals surface area contributed by atoms with Crippen molar-refractivity contribution in [2.75, 3.05) is 26.4 Å². The van der Waals surface area contributed by atoms with Gasteiger partial charge in [-0.05, 0) is 33.3 Å². The molecule has 2 rings (SSSR count). The third-order valence-electron chi connectivity index (χ3n) is 3.30. The predicted octanol–water partition coefficient (Wildman–Crippen LogP) is 2.25. The molecule has 1 unspecified atom stereocenters. The minimum absolute atomic E-state index is 0.0251. The van der Waals surface area contributed by atoms with Crippen molar-refractivity contribution in [1.29, 1.82) is 0 Å². The second-order valence-electron chi connectivity index (χ2n) is 6.56. The van der Waals surface area contributed by atoms with Crippen molar-refractivity contribution in [3.63, 3.8) is 0 Å². The van der Waals surface area contributed by atoms with E-state index in [4.69, 9.17) is 14.2 Å². The maximum Gasteiger partial charge on any atom is 0.187 e. The van der Waals surface area contributed by atoms with Crippen LogP contribution in [0.15, 0.2) is 24.3 Å². The number of hydrogen-bond donors (Lipinski definition) is 2. The van der Waals surface area contributed by atoms with E-state index in [2.05, 4.69) is 26.1 Å². The topological polar surface area (TPSA) is 60.0 Å². The Labute approximate surface area is 132 Å². The normalized spacial score (nSPS) is 18.2. The maximum atomic E-state index is 10.0. The molecule has 5 nitrogen and oxygen atoms in total. The summed E-state index contributed by atoms with van der Waals surface area (Å²) in [5, 5.41) is 13.3. The average Bonchev–Trinajstić information content (AvgIpc) is 2.51. The van der Waals surface area contributed by atoms with Crippen LogP contribution in [0.4, 0.5) is 0 Å². The first-order chi connectivity index (χ1) is 10.5. The zero-order valence-electron chi connectivity index (χ0n) is 13.7. The second-order valence-corrected chi connectivity index (χ2v) is 6.56. The molecular weight excluding hydrogens is 282 g/mol. The fraction of sp³-hybridized carbons (Fsp3) is 0.647. The number of rotatable bonds is 6. The Morgan fingerprint density at radius 1 is 1.27 bits per heavy atom. The van der Waals surface area contributed by atoms with Crippen LogP contribution in [0.3, 0.4) is 0 Å². The fourth-order valence-electron chi connectivity index (χ4n) is 2.14. The summed E-state index contributed by atoms with van der Waals surface area (Å²) in [6, 6.07) is 7.65. The molecule has 0 saturated carbocycles. The van der Waals surface area contributed by atoms with Crippen molar-refractivity contribution >= 4 is 0 Å². The lowest BCUT2D eigenvalue weighted by molar-refractivity contribution is -0.183. The summed E-state index contributed by atoms with van der Waals surface area (Å²) in [5.74, 6) is 0.698. The van der Waals surface area contributed by atoms with E-state index in [0.29, 0.717) is 25.5 Å². The average molecular weight is 309 g/mol. The summed E-state index contributed by atoms with van der Waals surface area (Å²) >= 11 is 0. The molecule has 1 saturated heterocycles. The Bertz CT molecular complexity index is 452. The van der Waals surface area contributed by atoms with E-state index < -0.39 is 6.10 Å². The number of aliphatic hydroxyl groups is 1. The van der Waals surface area contributed by atoms with Crippen molar-refractivity contribution in [3.05, 3.63) is 29.8 Å². The smallest absolute Gasteiger partial charge is 0.187 e. The Hall–Kier alpha value is -1.14. The molecule has 0 spiro atoms. The van der Waals surface area contributed by atoms with Gasteiger partial charge in [-0.15, -0.1) is 0 Å². The molecule has 1 fully saturated rings. The summed E-state index contributed by atoms with van der Waals surface area (Å²) < 4.78 is 17.0. The van der Waals surface area contributed by atoms with Crippen LogP contribution in [0, 0.1) is 0 Å². The van der Waals surface area contributed by atoms with E-state index in [1.165, 1.54) is 0 Å². The molecule has 124 valence electrons. The highest BCUT2D eigenvalue weighted by Crippen LogP contribution is 2.30. The van der Waals surface area contributed by atoms with Crippen LogP contribution in [0.2, 0.25) is 0 Å². The van der Waals surface area contributed by atoms with Crippen LogP contribution in [-0.4, -0.2) is 43.1 Å². The van der Waals surface area contributed by atoms with E-state index in [0.717, 1.165) is 12.0 Å². The Morgan fingerprint density at radius 2 is 1.95 bits per heavy atom. The molecule has 0 aromatic heterocycles. The first-order valence-electron chi connectivity index (χ1n) is 7.84. The predicted molar refractivity (Wildman–Crippen MR) is 85.0 cm³/mol. The summed E-state index contributed by atoms with van der Waals surface area (Å²) in [6.45, 7) is 8.29. The van der Waals surface area contributed by atoms with Crippen LogP contribution in [-0.2, 0) is 9.47 Å². The quantitative estimate of drug-likeness (QED) is 0.844. The van der Waals surface area contributed by atoms with E-state index in [9.17, 15) is 5.11 Å². The van der Waals surface area contributed by atoms with Gasteiger partial charge in [0.1, 0.15) is 18.5 Å². The number of β-amino-alcohol motifs (C(OH)–C–C–N with tert-alkyl or cyclic N) is 1. The standard InChI is InChI=1S/C17H27NO4/c1-17(2,3)18-11-13(19)12-22-15-8-5-4-7-14(15)16-20-9-6-10-21-16/h4-5,7-8,13,16,18-19H,6,9-12H2,1-3H3. The van der Waals surface area contributed by atoms with Gasteiger partial charge in [0.15, 0.2) is 6.29 Å². The van der Waals surface area contributed by atoms with Crippen LogP contribution in [0.25, 0.3) is 0 Å². The highest BCUT2D eigenvalue weighted by Gasteiger charge is 2.21. The molecule has 1 aromatic carbocycles. The number of benzene rings is 1. The number of hydrogen-bond acceptors (Lipinski definition) is 5. The minimum atomic E-state index is -0.569. The van der Waals surface area contributed by atoms with Crippen molar-refractivity contribution < 1.29 is 19.3 Å². The van der Waals surface area contributed by atoms with Gasteiger partial charge in [0.05, 0.1) is 13.2 Å². The van der Waals surface area contributed by atoms with E-state index in [1.54, 1.807) is 0 Å². The second kappa shape index (κ2) is 7.92. The lowest BCUT2D eigenvalue weighted by Crippen LogP contribution is -2.42. The van der Waals surface area contributed by atoms with Crippen molar-refractivity contribution in [3.8, 4) is 5.75 Å². The molecule has 1 aromatic rings. The van der Waals surface area contributed by atoms with Gasteiger partial charge in [-0.2, -0.15) is 0 Å². The zero-order chi connectivity index (χ0) is 16.0. The Balaban J connectivity index is 1.89. The first kappa shape index (κ1) is 17.2. The molecule has 0 aliphatic carbocycles. The maximum absolute atomic E-state index is 10.0. The van der Waals surface area contributed by atoms with Gasteiger partial charge in [-0.3, -0.25) is 0 Å². The van der Waals surface area contributed by atoms with E-state index >= 15 is 0 Å². The van der Waals surface area contributed by atoms with Gasteiger partial charge in [0.25, 0.3) is 0 Å². The molecular formula is C17H27NO4. The van der Waals surface area contributed by atoms with Gasteiger partial charge in [-0.1, -0.05) is 18.2 Å². The van der Waals surface area contributed by atoms with Gasteiger partial charge in [-0.25, -0.2) is 0 Å². The van der Waals surface area contributed by atoms with Gasteiger partial charge < -0.3 is 24.6 Å². The van der Waals surface area contributed by atoms with Crippen LogP contribution < -0.4 is 10.1 Å². The third-order valence-corrected chi connectivity index (χ3v) is 3.30. The largest absolute Gasteiger partial charge is 0.490 e. The molecule has 2 N–H and O–H groups in total. The van der Waals surface area contributed by atoms with Crippen LogP contribution >= 0.6 is 0 Å². The monoisotopic (exact) mass is 309 g/mol. The van der Waals surface area contributed by atoms with Gasteiger partial charge >= 0.3 is 0 Å². The summed E-state index contributed by atoms with van der Waals surface area (Å²) in [4.78, 5) is 0. The number of ether oxygens (including phenoxy) is 3. The molecule has 0 amide bonds.